The molecule has 0 spiro atoms. The van der Waals surface area contributed by atoms with Crippen LogP contribution in [0.3, 0.4) is 0 Å². The molecule has 2 atom stereocenters. The topological polar surface area (TPSA) is 48.0 Å². The van der Waals surface area contributed by atoms with E-state index in [1.54, 1.807) is 21.3 Å². The van der Waals surface area contributed by atoms with Crippen molar-refractivity contribution in [2.24, 2.45) is 0 Å². The third-order valence-corrected chi connectivity index (χ3v) is 4.24. The van der Waals surface area contributed by atoms with Gasteiger partial charge < -0.3 is 19.1 Å². The molecule has 5 nitrogen and oxygen atoms in total. The van der Waals surface area contributed by atoms with E-state index >= 15 is 0 Å². The molecule has 1 saturated heterocycles. The molecular formula is C17H25NO4. The molecule has 1 aliphatic heterocycles. The predicted octanol–water partition coefficient (Wildman–Crippen LogP) is 2.19. The van der Waals surface area contributed by atoms with Crippen LogP contribution in [0.1, 0.15) is 27.9 Å². The molecule has 1 heterocycles. The van der Waals surface area contributed by atoms with Gasteiger partial charge in [-0.3, -0.25) is 4.79 Å². The van der Waals surface area contributed by atoms with Crippen molar-refractivity contribution in [2.45, 2.75) is 32.4 Å². The zero-order chi connectivity index (χ0) is 16.3. The van der Waals surface area contributed by atoms with Crippen molar-refractivity contribution in [3.8, 4) is 5.75 Å². The summed E-state index contributed by atoms with van der Waals surface area (Å²) in [5.74, 6) is 0.858. The summed E-state index contributed by atoms with van der Waals surface area (Å²) < 4.78 is 16.0. The van der Waals surface area contributed by atoms with Gasteiger partial charge in [0.2, 0.25) is 0 Å². The summed E-state index contributed by atoms with van der Waals surface area (Å²) in [6, 6.07) is 3.83. The number of likely N-dealkylation sites (tertiary alicyclic amines) is 1. The van der Waals surface area contributed by atoms with Gasteiger partial charge >= 0.3 is 0 Å². The lowest BCUT2D eigenvalue weighted by molar-refractivity contribution is 0.0612. The summed E-state index contributed by atoms with van der Waals surface area (Å²) in [7, 11) is 4.99. The number of ether oxygens (including phenoxy) is 3. The number of nitrogens with zero attached hydrogens (tertiary/aromatic N) is 1. The van der Waals surface area contributed by atoms with Gasteiger partial charge in [0.05, 0.1) is 25.9 Å². The first kappa shape index (κ1) is 16.8. The van der Waals surface area contributed by atoms with Gasteiger partial charge in [0.15, 0.2) is 0 Å². The van der Waals surface area contributed by atoms with Crippen LogP contribution in [0, 0.1) is 13.8 Å². The van der Waals surface area contributed by atoms with Gasteiger partial charge in [-0.25, -0.2) is 0 Å². The van der Waals surface area contributed by atoms with Gasteiger partial charge in [0.25, 0.3) is 5.91 Å². The lowest BCUT2D eigenvalue weighted by atomic mass is 10.0. The van der Waals surface area contributed by atoms with Gasteiger partial charge in [0.1, 0.15) is 5.75 Å². The molecule has 0 aromatic heterocycles. The smallest absolute Gasteiger partial charge is 0.254 e. The number of carbonyl (C=O) groups is 1. The summed E-state index contributed by atoms with van der Waals surface area (Å²) in [4.78, 5) is 14.7. The summed E-state index contributed by atoms with van der Waals surface area (Å²) in [5.41, 5.74) is 2.63. The standard InChI is InChI=1S/C17H25NO4/c1-11-6-13(7-12(2)16(11)22-5)17(19)18-9-15(21-4)8-14(18)10-20-3/h6-7,14-15H,8-10H2,1-5H3/t14-,15-/m0/s1. The summed E-state index contributed by atoms with van der Waals surface area (Å²) >= 11 is 0. The van der Waals surface area contributed by atoms with Gasteiger partial charge in [-0.1, -0.05) is 0 Å². The zero-order valence-corrected chi connectivity index (χ0v) is 14.0. The molecule has 1 aliphatic rings. The number of rotatable bonds is 5. The maximum absolute atomic E-state index is 12.9. The van der Waals surface area contributed by atoms with E-state index in [1.807, 2.05) is 30.9 Å². The Labute approximate surface area is 132 Å². The van der Waals surface area contributed by atoms with E-state index in [0.717, 1.165) is 23.3 Å². The molecule has 1 amide bonds. The lowest BCUT2D eigenvalue weighted by Gasteiger charge is -2.24. The maximum atomic E-state index is 12.9. The number of aryl methyl sites for hydroxylation is 2. The molecule has 122 valence electrons. The molecular weight excluding hydrogens is 282 g/mol. The van der Waals surface area contributed by atoms with Crippen LogP contribution in [0.2, 0.25) is 0 Å². The predicted molar refractivity (Wildman–Crippen MR) is 84.6 cm³/mol. The summed E-state index contributed by atoms with van der Waals surface area (Å²) in [5, 5.41) is 0. The van der Waals surface area contributed by atoms with Crippen LogP contribution in [0.15, 0.2) is 12.1 Å². The number of carbonyl (C=O) groups excluding carboxylic acids is 1. The van der Waals surface area contributed by atoms with Crippen LogP contribution < -0.4 is 4.74 Å². The number of amides is 1. The monoisotopic (exact) mass is 307 g/mol. The van der Waals surface area contributed by atoms with Crippen LogP contribution >= 0.6 is 0 Å². The van der Waals surface area contributed by atoms with Gasteiger partial charge in [0, 0.05) is 26.3 Å². The first-order chi connectivity index (χ1) is 10.5. The van der Waals surface area contributed by atoms with Crippen molar-refractivity contribution in [2.75, 3.05) is 34.5 Å². The zero-order valence-electron chi connectivity index (χ0n) is 14.0. The van der Waals surface area contributed by atoms with Crippen molar-refractivity contribution in [1.29, 1.82) is 0 Å². The second kappa shape index (κ2) is 7.11. The molecule has 0 bridgehead atoms. The van der Waals surface area contributed by atoms with E-state index in [4.69, 9.17) is 14.2 Å². The fourth-order valence-electron chi connectivity index (χ4n) is 3.21. The lowest BCUT2D eigenvalue weighted by Crippen LogP contribution is -2.38. The third kappa shape index (κ3) is 3.25. The third-order valence-electron chi connectivity index (χ3n) is 4.24. The van der Waals surface area contributed by atoms with Crippen LogP contribution in [0.4, 0.5) is 0 Å². The van der Waals surface area contributed by atoms with Crippen LogP contribution in [0.5, 0.6) is 5.75 Å². The molecule has 0 unspecified atom stereocenters. The highest BCUT2D eigenvalue weighted by molar-refractivity contribution is 5.95. The van der Waals surface area contributed by atoms with E-state index in [1.165, 1.54) is 0 Å². The molecule has 0 N–H and O–H groups in total. The average molecular weight is 307 g/mol. The van der Waals surface area contributed by atoms with Gasteiger partial charge in [-0.15, -0.1) is 0 Å². The Kier molecular flexibility index (Phi) is 5.42. The normalized spacial score (nSPS) is 21.2. The molecule has 5 heteroatoms. The average Bonchev–Trinajstić information content (AvgIpc) is 2.89. The van der Waals surface area contributed by atoms with Crippen molar-refractivity contribution >= 4 is 5.91 Å². The maximum Gasteiger partial charge on any atom is 0.254 e. The van der Waals surface area contributed by atoms with Gasteiger partial charge in [-0.05, 0) is 43.5 Å². The van der Waals surface area contributed by atoms with Crippen molar-refractivity contribution in [1.82, 2.24) is 4.90 Å². The minimum atomic E-state index is 0.0236. The van der Waals surface area contributed by atoms with Crippen molar-refractivity contribution < 1.29 is 19.0 Å². The quantitative estimate of drug-likeness (QED) is 0.836. The number of benzene rings is 1. The Morgan fingerprint density at radius 1 is 1.23 bits per heavy atom. The molecule has 2 rings (SSSR count). The Bertz CT molecular complexity index is 520. The van der Waals surface area contributed by atoms with E-state index in [9.17, 15) is 4.79 Å². The summed E-state index contributed by atoms with van der Waals surface area (Å²) in [6.07, 6.45) is 0.883. The molecule has 22 heavy (non-hydrogen) atoms. The van der Waals surface area contributed by atoms with E-state index in [-0.39, 0.29) is 18.1 Å². The molecule has 0 saturated carbocycles. The van der Waals surface area contributed by atoms with E-state index in [0.29, 0.717) is 18.7 Å². The SMILES string of the molecule is COC[C@@H]1C[C@H](OC)CN1C(=O)c1cc(C)c(OC)c(C)c1. The minimum Gasteiger partial charge on any atom is -0.496 e. The minimum absolute atomic E-state index is 0.0236. The van der Waals surface area contributed by atoms with Crippen LogP contribution in [-0.2, 0) is 9.47 Å². The fourth-order valence-corrected chi connectivity index (χ4v) is 3.21. The Morgan fingerprint density at radius 2 is 1.86 bits per heavy atom. The molecule has 0 radical (unpaired) electrons. The Balaban J connectivity index is 2.26. The number of methoxy groups -OCH3 is 3. The van der Waals surface area contributed by atoms with E-state index in [2.05, 4.69) is 0 Å². The van der Waals surface area contributed by atoms with Crippen molar-refractivity contribution in [3.05, 3.63) is 28.8 Å². The Hall–Kier alpha value is -1.59. The van der Waals surface area contributed by atoms with E-state index < -0.39 is 0 Å². The fraction of sp³-hybridized carbons (Fsp3) is 0.588. The highest BCUT2D eigenvalue weighted by Gasteiger charge is 2.35. The number of hydrogen-bond acceptors (Lipinski definition) is 4. The molecule has 0 aliphatic carbocycles. The highest BCUT2D eigenvalue weighted by Crippen LogP contribution is 2.27. The summed E-state index contributed by atoms with van der Waals surface area (Å²) in [6.45, 7) is 5.04. The first-order valence-electron chi connectivity index (χ1n) is 7.49. The number of hydrogen-bond donors (Lipinski definition) is 0. The second-order valence-corrected chi connectivity index (χ2v) is 5.80. The van der Waals surface area contributed by atoms with Crippen LogP contribution in [-0.4, -0.2) is 57.4 Å². The van der Waals surface area contributed by atoms with Gasteiger partial charge in [-0.2, -0.15) is 0 Å². The van der Waals surface area contributed by atoms with Crippen molar-refractivity contribution in [3.63, 3.8) is 0 Å². The highest BCUT2D eigenvalue weighted by atomic mass is 16.5. The second-order valence-electron chi connectivity index (χ2n) is 5.80. The van der Waals surface area contributed by atoms with Crippen LogP contribution in [0.25, 0.3) is 0 Å². The molecule has 1 aromatic carbocycles. The largest absolute Gasteiger partial charge is 0.496 e. The Morgan fingerprint density at radius 3 is 2.36 bits per heavy atom. The molecule has 1 aromatic rings. The first-order valence-corrected chi connectivity index (χ1v) is 7.49. The molecule has 1 fully saturated rings.